The fourth-order valence-corrected chi connectivity index (χ4v) is 1.48. The molecule has 1 unspecified atom stereocenters. The smallest absolute Gasteiger partial charge is 0.146 e. The maximum absolute atomic E-state index is 13.5. The first-order valence-electron chi connectivity index (χ1n) is 3.99. The molecule has 0 amide bonds. The van der Waals surface area contributed by atoms with Crippen molar-refractivity contribution in [1.82, 2.24) is 0 Å². The van der Waals surface area contributed by atoms with Crippen LogP contribution in [0.5, 0.6) is 0 Å². The number of nitrogens with two attached hydrogens (primary N) is 1. The van der Waals surface area contributed by atoms with Gasteiger partial charge in [-0.25, -0.2) is 4.39 Å². The molecule has 0 aliphatic rings. The Bertz CT molecular complexity index is 368. The zero-order valence-corrected chi connectivity index (χ0v) is 9.12. The highest BCUT2D eigenvalue weighted by molar-refractivity contribution is 9.10. The lowest BCUT2D eigenvalue weighted by Crippen LogP contribution is -2.20. The van der Waals surface area contributed by atoms with E-state index in [1.165, 1.54) is 0 Å². The normalized spacial score (nSPS) is 14.1. The fraction of sp³-hybridized carbons (Fsp3) is 0.222. The molecular weight excluding hydrogens is 251 g/mol. The first-order chi connectivity index (χ1) is 6.57. The van der Waals surface area contributed by atoms with Crippen molar-refractivity contribution in [3.63, 3.8) is 0 Å². The Kier molecular flexibility index (Phi) is 3.46. The first kappa shape index (κ1) is 11.0. The summed E-state index contributed by atoms with van der Waals surface area (Å²) in [5, 5.41) is 11.3. The van der Waals surface area contributed by atoms with Gasteiger partial charge in [-0.05, 0) is 27.6 Å². The van der Waals surface area contributed by atoms with Crippen molar-refractivity contribution in [2.75, 3.05) is 0 Å². The number of benzene rings is 1. The number of rotatable bonds is 2. The van der Waals surface area contributed by atoms with Gasteiger partial charge in [0.05, 0.1) is 4.47 Å². The van der Waals surface area contributed by atoms with Crippen LogP contribution >= 0.6 is 15.9 Å². The first-order valence-corrected chi connectivity index (χ1v) is 4.78. The van der Waals surface area contributed by atoms with Crippen molar-refractivity contribution < 1.29 is 9.60 Å². The van der Waals surface area contributed by atoms with Gasteiger partial charge in [-0.2, -0.15) is 0 Å². The lowest BCUT2D eigenvalue weighted by molar-refractivity contribution is 0.316. The van der Waals surface area contributed by atoms with Crippen molar-refractivity contribution in [2.45, 2.75) is 12.8 Å². The number of hydrogen-bond donors (Lipinski definition) is 2. The standard InChI is InChI=1S/C9H10BrFN2O/c1-5(9(12)13-14)6-3-2-4-7(10)8(6)11/h2-5,14H,1H3,(H2,12,13). The lowest BCUT2D eigenvalue weighted by atomic mass is 10.00. The second-order valence-corrected chi connectivity index (χ2v) is 3.74. The average Bonchev–Trinajstić information content (AvgIpc) is 2.20. The predicted octanol–water partition coefficient (Wildman–Crippen LogP) is 2.44. The highest BCUT2D eigenvalue weighted by Crippen LogP contribution is 2.24. The summed E-state index contributed by atoms with van der Waals surface area (Å²) >= 11 is 3.07. The second-order valence-electron chi connectivity index (χ2n) is 2.89. The summed E-state index contributed by atoms with van der Waals surface area (Å²) in [6.07, 6.45) is 0. The monoisotopic (exact) mass is 260 g/mol. The zero-order valence-electron chi connectivity index (χ0n) is 7.54. The molecule has 0 aliphatic carbocycles. The number of oxime groups is 1. The molecule has 0 saturated heterocycles. The van der Waals surface area contributed by atoms with Crippen molar-refractivity contribution in [2.24, 2.45) is 10.9 Å². The molecule has 0 fully saturated rings. The van der Waals surface area contributed by atoms with E-state index in [1.54, 1.807) is 25.1 Å². The minimum atomic E-state index is -0.447. The SMILES string of the molecule is CC(C(N)=NO)c1cccc(Br)c1F. The van der Waals surface area contributed by atoms with E-state index in [0.29, 0.717) is 10.0 Å². The van der Waals surface area contributed by atoms with Crippen molar-refractivity contribution in [1.29, 1.82) is 0 Å². The molecule has 0 saturated carbocycles. The third-order valence-electron chi connectivity index (χ3n) is 2.01. The maximum Gasteiger partial charge on any atom is 0.146 e. The van der Waals surface area contributed by atoms with Crippen LogP contribution < -0.4 is 5.73 Å². The summed E-state index contributed by atoms with van der Waals surface area (Å²) in [5.74, 6) is -0.842. The third-order valence-corrected chi connectivity index (χ3v) is 2.62. The largest absolute Gasteiger partial charge is 0.409 e. The van der Waals surface area contributed by atoms with E-state index in [1.807, 2.05) is 0 Å². The Balaban J connectivity index is 3.13. The van der Waals surface area contributed by atoms with Gasteiger partial charge in [0.25, 0.3) is 0 Å². The summed E-state index contributed by atoms with van der Waals surface area (Å²) in [6.45, 7) is 1.67. The Morgan fingerprint density at radius 1 is 1.64 bits per heavy atom. The number of nitrogens with zero attached hydrogens (tertiary/aromatic N) is 1. The van der Waals surface area contributed by atoms with E-state index < -0.39 is 5.92 Å². The van der Waals surface area contributed by atoms with Crippen LogP contribution in [0.3, 0.4) is 0 Å². The lowest BCUT2D eigenvalue weighted by Gasteiger charge is -2.11. The van der Waals surface area contributed by atoms with E-state index >= 15 is 0 Å². The van der Waals surface area contributed by atoms with Crippen LogP contribution in [-0.2, 0) is 0 Å². The third kappa shape index (κ3) is 2.04. The van der Waals surface area contributed by atoms with Crippen LogP contribution in [0.25, 0.3) is 0 Å². The average molecular weight is 261 g/mol. The minimum absolute atomic E-state index is 0.0120. The molecule has 5 heteroatoms. The molecule has 1 atom stereocenters. The van der Waals surface area contributed by atoms with Crippen LogP contribution in [0.15, 0.2) is 27.8 Å². The highest BCUT2D eigenvalue weighted by atomic mass is 79.9. The molecule has 3 nitrogen and oxygen atoms in total. The van der Waals surface area contributed by atoms with Gasteiger partial charge in [0.1, 0.15) is 11.7 Å². The summed E-state index contributed by atoms with van der Waals surface area (Å²) in [4.78, 5) is 0. The molecule has 0 bridgehead atoms. The molecule has 0 spiro atoms. The summed E-state index contributed by atoms with van der Waals surface area (Å²) < 4.78 is 13.9. The van der Waals surface area contributed by atoms with Crippen molar-refractivity contribution in [3.05, 3.63) is 34.1 Å². The number of halogens is 2. The molecule has 3 N–H and O–H groups in total. The topological polar surface area (TPSA) is 58.6 Å². The van der Waals surface area contributed by atoms with Gasteiger partial charge < -0.3 is 10.9 Å². The summed E-state index contributed by atoms with van der Waals surface area (Å²) in [7, 11) is 0. The molecule has 0 heterocycles. The van der Waals surface area contributed by atoms with Gasteiger partial charge in [-0.1, -0.05) is 24.2 Å². The van der Waals surface area contributed by atoms with Gasteiger partial charge in [0.2, 0.25) is 0 Å². The Morgan fingerprint density at radius 3 is 2.86 bits per heavy atom. The molecule has 0 aliphatic heterocycles. The summed E-state index contributed by atoms with van der Waals surface area (Å²) in [6, 6.07) is 4.89. The van der Waals surface area contributed by atoms with Crippen LogP contribution in [-0.4, -0.2) is 11.0 Å². The molecule has 0 radical (unpaired) electrons. The van der Waals surface area contributed by atoms with Crippen molar-refractivity contribution >= 4 is 21.8 Å². The second kappa shape index (κ2) is 4.41. The molecule has 14 heavy (non-hydrogen) atoms. The maximum atomic E-state index is 13.5. The van der Waals surface area contributed by atoms with Gasteiger partial charge in [-0.3, -0.25) is 0 Å². The van der Waals surface area contributed by atoms with Crippen LogP contribution in [0, 0.1) is 5.82 Å². The molecule has 76 valence electrons. The van der Waals surface area contributed by atoms with Gasteiger partial charge in [0, 0.05) is 5.92 Å². The summed E-state index contributed by atoms with van der Waals surface area (Å²) in [5.41, 5.74) is 5.78. The van der Waals surface area contributed by atoms with E-state index in [4.69, 9.17) is 10.9 Å². The molecular formula is C9H10BrFN2O. The van der Waals surface area contributed by atoms with Crippen LogP contribution in [0.4, 0.5) is 4.39 Å². The fourth-order valence-electron chi connectivity index (χ4n) is 1.10. The predicted molar refractivity (Wildman–Crippen MR) is 55.9 cm³/mol. The van der Waals surface area contributed by atoms with Crippen LogP contribution in [0.2, 0.25) is 0 Å². The molecule has 1 aromatic rings. The van der Waals surface area contributed by atoms with Gasteiger partial charge >= 0.3 is 0 Å². The zero-order chi connectivity index (χ0) is 10.7. The van der Waals surface area contributed by atoms with Gasteiger partial charge in [0.15, 0.2) is 0 Å². The quantitative estimate of drug-likeness (QED) is 0.372. The van der Waals surface area contributed by atoms with E-state index in [2.05, 4.69) is 21.1 Å². The van der Waals surface area contributed by atoms with Crippen molar-refractivity contribution in [3.8, 4) is 0 Å². The number of amidine groups is 1. The van der Waals surface area contributed by atoms with E-state index in [0.717, 1.165) is 0 Å². The van der Waals surface area contributed by atoms with E-state index in [-0.39, 0.29) is 11.7 Å². The number of hydrogen-bond acceptors (Lipinski definition) is 2. The minimum Gasteiger partial charge on any atom is -0.409 e. The molecule has 0 aromatic heterocycles. The highest BCUT2D eigenvalue weighted by Gasteiger charge is 2.16. The van der Waals surface area contributed by atoms with Crippen LogP contribution in [0.1, 0.15) is 18.4 Å². The molecule has 1 aromatic carbocycles. The Labute approximate surface area is 89.5 Å². The van der Waals surface area contributed by atoms with Gasteiger partial charge in [-0.15, -0.1) is 0 Å². The Morgan fingerprint density at radius 2 is 2.29 bits per heavy atom. The Hall–Kier alpha value is -1.10. The van der Waals surface area contributed by atoms with E-state index in [9.17, 15) is 4.39 Å². The molecule has 1 rings (SSSR count).